The van der Waals surface area contributed by atoms with E-state index in [9.17, 15) is 26.7 Å². The minimum atomic E-state index is -5.00. The van der Waals surface area contributed by atoms with Crippen LogP contribution in [0.15, 0.2) is 18.2 Å². The summed E-state index contributed by atoms with van der Waals surface area (Å²) in [5, 5.41) is 1.78. The quantitative estimate of drug-likeness (QED) is 0.861. The van der Waals surface area contributed by atoms with Gasteiger partial charge in [0.15, 0.2) is 6.04 Å². The average molecular weight is 336 g/mol. The predicted octanol–water partition coefficient (Wildman–Crippen LogP) is 3.03. The monoisotopic (exact) mass is 336 g/mol. The molecule has 1 amide bonds. The number of alkyl halides is 3. The molecular weight excluding hydrogens is 319 g/mol. The second-order valence-corrected chi connectivity index (χ2v) is 5.70. The molecule has 1 aliphatic heterocycles. The Morgan fingerprint density at radius 2 is 1.74 bits per heavy atom. The van der Waals surface area contributed by atoms with Crippen LogP contribution in [0.2, 0.25) is 0 Å². The highest BCUT2D eigenvalue weighted by atomic mass is 19.4. The maximum Gasteiger partial charge on any atom is 0.413 e. The largest absolute Gasteiger partial charge is 0.413 e. The molecule has 1 heterocycles. The number of benzene rings is 1. The first-order valence-electron chi connectivity index (χ1n) is 7.19. The lowest BCUT2D eigenvalue weighted by Gasteiger charge is -2.30. The van der Waals surface area contributed by atoms with Gasteiger partial charge in [-0.1, -0.05) is 6.07 Å². The maximum atomic E-state index is 13.7. The Bertz CT molecular complexity index is 547. The number of nitrogens with one attached hydrogen (secondary N) is 1. The van der Waals surface area contributed by atoms with Gasteiger partial charge >= 0.3 is 6.18 Å². The highest BCUT2D eigenvalue weighted by Crippen LogP contribution is 2.36. The Kier molecular flexibility index (Phi) is 5.23. The Labute approximate surface area is 130 Å². The third-order valence-corrected chi connectivity index (χ3v) is 3.99. The lowest BCUT2D eigenvalue weighted by molar-refractivity contribution is -0.166. The van der Waals surface area contributed by atoms with Gasteiger partial charge in [0.2, 0.25) is 5.91 Å². The SMILES string of the molecule is CN1CCC(C(=O)N[C@H](c2c(F)cccc2F)C(F)(F)F)CC1. The Hall–Kier alpha value is -1.70. The van der Waals surface area contributed by atoms with Crippen molar-refractivity contribution in [1.29, 1.82) is 0 Å². The lowest BCUT2D eigenvalue weighted by atomic mass is 9.95. The molecule has 1 aliphatic rings. The number of nitrogens with zero attached hydrogens (tertiary/aromatic N) is 1. The molecule has 1 aromatic carbocycles. The Morgan fingerprint density at radius 3 is 2.22 bits per heavy atom. The average Bonchev–Trinajstić information content (AvgIpc) is 2.45. The van der Waals surface area contributed by atoms with Gasteiger partial charge in [0.05, 0.1) is 5.56 Å². The van der Waals surface area contributed by atoms with E-state index in [-0.39, 0.29) is 0 Å². The molecule has 2 rings (SSSR count). The number of amides is 1. The molecule has 0 radical (unpaired) electrons. The van der Waals surface area contributed by atoms with Crippen LogP contribution < -0.4 is 5.32 Å². The third kappa shape index (κ3) is 4.19. The summed E-state index contributed by atoms with van der Waals surface area (Å²) in [6.45, 7) is 1.17. The topological polar surface area (TPSA) is 32.3 Å². The van der Waals surface area contributed by atoms with Gasteiger partial charge in [-0.05, 0) is 45.1 Å². The molecule has 23 heavy (non-hydrogen) atoms. The highest BCUT2D eigenvalue weighted by Gasteiger charge is 2.45. The highest BCUT2D eigenvalue weighted by molar-refractivity contribution is 5.79. The van der Waals surface area contributed by atoms with Gasteiger partial charge in [0.1, 0.15) is 11.6 Å². The predicted molar refractivity (Wildman–Crippen MR) is 73.5 cm³/mol. The van der Waals surface area contributed by atoms with E-state index in [0.717, 1.165) is 18.2 Å². The summed E-state index contributed by atoms with van der Waals surface area (Å²) in [4.78, 5) is 14.0. The molecule has 0 spiro atoms. The van der Waals surface area contributed by atoms with E-state index in [1.165, 1.54) is 0 Å². The fourth-order valence-electron chi connectivity index (χ4n) is 2.64. The zero-order valence-electron chi connectivity index (χ0n) is 12.5. The van der Waals surface area contributed by atoms with E-state index in [1.54, 1.807) is 5.32 Å². The van der Waals surface area contributed by atoms with E-state index < -0.39 is 41.2 Å². The molecular formula is C15H17F5N2O. The summed E-state index contributed by atoms with van der Waals surface area (Å²) in [5.41, 5.74) is -1.18. The van der Waals surface area contributed by atoms with Crippen LogP contribution in [0.25, 0.3) is 0 Å². The van der Waals surface area contributed by atoms with Crippen molar-refractivity contribution in [2.75, 3.05) is 20.1 Å². The normalized spacial score (nSPS) is 18.7. The number of rotatable bonds is 3. The van der Waals surface area contributed by atoms with Crippen LogP contribution in [0.3, 0.4) is 0 Å². The molecule has 3 nitrogen and oxygen atoms in total. The number of piperidine rings is 1. The van der Waals surface area contributed by atoms with Gasteiger partial charge in [0.25, 0.3) is 0 Å². The summed E-state index contributed by atoms with van der Waals surface area (Å²) in [5.74, 6) is -4.10. The van der Waals surface area contributed by atoms with Crippen LogP contribution in [0, 0.1) is 17.6 Å². The van der Waals surface area contributed by atoms with Gasteiger partial charge in [0, 0.05) is 5.92 Å². The van der Waals surface area contributed by atoms with Crippen LogP contribution in [0.5, 0.6) is 0 Å². The Balaban J connectivity index is 2.22. The summed E-state index contributed by atoms with van der Waals surface area (Å²) in [6, 6.07) is -0.256. The van der Waals surface area contributed by atoms with Crippen LogP contribution in [-0.2, 0) is 4.79 Å². The van der Waals surface area contributed by atoms with Crippen LogP contribution >= 0.6 is 0 Å². The summed E-state index contributed by atoms with van der Waals surface area (Å²) >= 11 is 0. The summed E-state index contributed by atoms with van der Waals surface area (Å²) < 4.78 is 67.0. The molecule has 1 fully saturated rings. The number of carbonyl (C=O) groups is 1. The number of likely N-dealkylation sites (tertiary alicyclic amines) is 1. The molecule has 128 valence electrons. The molecule has 8 heteroatoms. The van der Waals surface area contributed by atoms with Crippen molar-refractivity contribution in [3.63, 3.8) is 0 Å². The van der Waals surface area contributed by atoms with Crippen molar-refractivity contribution in [2.45, 2.75) is 25.1 Å². The second-order valence-electron chi connectivity index (χ2n) is 5.70. The van der Waals surface area contributed by atoms with E-state index in [0.29, 0.717) is 25.9 Å². The smallest absolute Gasteiger partial charge is 0.340 e. The van der Waals surface area contributed by atoms with E-state index in [4.69, 9.17) is 0 Å². The van der Waals surface area contributed by atoms with Crippen molar-refractivity contribution in [2.24, 2.45) is 5.92 Å². The minimum Gasteiger partial charge on any atom is -0.340 e. The second kappa shape index (κ2) is 6.82. The fourth-order valence-corrected chi connectivity index (χ4v) is 2.64. The molecule has 1 atom stereocenters. The molecule has 0 bridgehead atoms. The molecule has 0 saturated carbocycles. The molecule has 0 aromatic heterocycles. The summed E-state index contributed by atoms with van der Waals surface area (Å²) in [7, 11) is 1.85. The molecule has 1 aromatic rings. The number of carbonyl (C=O) groups excluding carboxylic acids is 1. The van der Waals surface area contributed by atoms with Crippen molar-refractivity contribution in [1.82, 2.24) is 10.2 Å². The molecule has 0 unspecified atom stereocenters. The Morgan fingerprint density at radius 1 is 1.22 bits per heavy atom. The van der Waals surface area contributed by atoms with E-state index in [2.05, 4.69) is 0 Å². The number of hydrogen-bond acceptors (Lipinski definition) is 2. The first-order chi connectivity index (χ1) is 10.7. The molecule has 1 saturated heterocycles. The van der Waals surface area contributed by atoms with Gasteiger partial charge in [-0.25, -0.2) is 8.78 Å². The third-order valence-electron chi connectivity index (χ3n) is 3.99. The lowest BCUT2D eigenvalue weighted by Crippen LogP contribution is -2.44. The van der Waals surface area contributed by atoms with Crippen molar-refractivity contribution in [3.05, 3.63) is 35.4 Å². The molecule has 0 aliphatic carbocycles. The van der Waals surface area contributed by atoms with Crippen LogP contribution in [-0.4, -0.2) is 37.1 Å². The zero-order valence-corrected chi connectivity index (χ0v) is 12.5. The minimum absolute atomic E-state index is 0.409. The fraction of sp³-hybridized carbons (Fsp3) is 0.533. The molecule has 1 N–H and O–H groups in total. The van der Waals surface area contributed by atoms with Crippen LogP contribution in [0.1, 0.15) is 24.4 Å². The first kappa shape index (κ1) is 17.7. The summed E-state index contributed by atoms with van der Waals surface area (Å²) in [6.07, 6.45) is -4.18. The zero-order chi connectivity index (χ0) is 17.2. The van der Waals surface area contributed by atoms with Crippen molar-refractivity contribution >= 4 is 5.91 Å². The number of halogens is 5. The van der Waals surface area contributed by atoms with E-state index in [1.807, 2.05) is 11.9 Å². The number of hydrogen-bond donors (Lipinski definition) is 1. The van der Waals surface area contributed by atoms with Crippen LogP contribution in [0.4, 0.5) is 22.0 Å². The van der Waals surface area contributed by atoms with Gasteiger partial charge in [-0.3, -0.25) is 4.79 Å². The van der Waals surface area contributed by atoms with Crippen molar-refractivity contribution in [3.8, 4) is 0 Å². The standard InChI is InChI=1S/C15H17F5N2O/c1-22-7-5-9(6-8-22)14(23)21-13(15(18,19)20)12-10(16)3-2-4-11(12)17/h2-4,9,13H,5-8H2,1H3,(H,21,23)/t13-/m1/s1. The van der Waals surface area contributed by atoms with Gasteiger partial charge in [-0.2, -0.15) is 13.2 Å². The van der Waals surface area contributed by atoms with Gasteiger partial charge in [-0.15, -0.1) is 0 Å². The van der Waals surface area contributed by atoms with Crippen molar-refractivity contribution < 1.29 is 26.7 Å². The first-order valence-corrected chi connectivity index (χ1v) is 7.19. The van der Waals surface area contributed by atoms with Gasteiger partial charge < -0.3 is 10.2 Å². The van der Waals surface area contributed by atoms with E-state index >= 15 is 0 Å². The maximum absolute atomic E-state index is 13.7.